The lowest BCUT2D eigenvalue weighted by molar-refractivity contribution is -0.138. The lowest BCUT2D eigenvalue weighted by Crippen LogP contribution is -2.33. The van der Waals surface area contributed by atoms with Crippen molar-refractivity contribution in [2.75, 3.05) is 11.4 Å². The molecule has 0 amide bonds. The lowest BCUT2D eigenvalue weighted by atomic mass is 10.1. The van der Waals surface area contributed by atoms with Crippen molar-refractivity contribution in [2.24, 2.45) is 0 Å². The van der Waals surface area contributed by atoms with E-state index in [4.69, 9.17) is 5.11 Å². The molecular weight excluding hydrogens is 471 g/mol. The number of alkyl halides is 3. The second kappa shape index (κ2) is 11.5. The summed E-state index contributed by atoms with van der Waals surface area (Å²) in [6.45, 7) is 1.51. The summed E-state index contributed by atoms with van der Waals surface area (Å²) in [7, 11) is 0. The standard InChI is InChI=1S/C26H28F3N5O2/c27-26(28,29)21-8-6-20(7-9-21)25-32-15-19(16-33-25)17-34(22-3-1-2-4-22)23-10-5-18(14-31-23)13-30-12-11-24(35)36/h5-10,14-16,22,30H,1-4,11-13,17H2,(H,35,36). The van der Waals surface area contributed by atoms with E-state index in [0.29, 0.717) is 37.1 Å². The SMILES string of the molecule is O=C(O)CCNCc1ccc(N(Cc2cnc(-c3ccc(C(F)(F)F)cc3)nc2)C2CCCC2)nc1. The number of rotatable bonds is 10. The van der Waals surface area contributed by atoms with Crippen LogP contribution in [0.4, 0.5) is 19.0 Å². The summed E-state index contributed by atoms with van der Waals surface area (Å²) < 4.78 is 38.5. The van der Waals surface area contributed by atoms with Crippen molar-refractivity contribution in [3.8, 4) is 11.4 Å². The minimum Gasteiger partial charge on any atom is -0.481 e. The zero-order valence-corrected chi connectivity index (χ0v) is 19.7. The molecule has 2 aromatic heterocycles. The van der Waals surface area contributed by atoms with Gasteiger partial charge in [0.25, 0.3) is 0 Å². The van der Waals surface area contributed by atoms with Crippen LogP contribution < -0.4 is 10.2 Å². The second-order valence-corrected chi connectivity index (χ2v) is 8.90. The van der Waals surface area contributed by atoms with Gasteiger partial charge in [-0.3, -0.25) is 4.79 Å². The molecule has 0 atom stereocenters. The Bertz CT molecular complexity index is 1130. The molecule has 1 aliphatic carbocycles. The summed E-state index contributed by atoms with van der Waals surface area (Å²) in [5, 5.41) is 11.8. The van der Waals surface area contributed by atoms with Gasteiger partial charge < -0.3 is 15.3 Å². The van der Waals surface area contributed by atoms with Crippen LogP contribution >= 0.6 is 0 Å². The second-order valence-electron chi connectivity index (χ2n) is 8.90. The van der Waals surface area contributed by atoms with E-state index in [1.165, 1.54) is 12.1 Å². The Balaban J connectivity index is 1.44. The van der Waals surface area contributed by atoms with Crippen molar-refractivity contribution in [2.45, 2.75) is 57.4 Å². The highest BCUT2D eigenvalue weighted by Gasteiger charge is 2.30. The molecule has 2 N–H and O–H groups in total. The van der Waals surface area contributed by atoms with Gasteiger partial charge in [0.1, 0.15) is 5.82 Å². The monoisotopic (exact) mass is 499 g/mol. The molecule has 190 valence electrons. The maximum atomic E-state index is 12.8. The molecule has 0 radical (unpaired) electrons. The van der Waals surface area contributed by atoms with Crippen LogP contribution in [0.3, 0.4) is 0 Å². The molecule has 1 fully saturated rings. The minimum absolute atomic E-state index is 0.0701. The van der Waals surface area contributed by atoms with Crippen LogP contribution in [0.5, 0.6) is 0 Å². The lowest BCUT2D eigenvalue weighted by Gasteiger charge is -2.30. The number of pyridine rings is 1. The molecule has 36 heavy (non-hydrogen) atoms. The number of nitrogens with one attached hydrogen (secondary N) is 1. The fourth-order valence-electron chi connectivity index (χ4n) is 4.32. The van der Waals surface area contributed by atoms with E-state index in [1.54, 1.807) is 18.6 Å². The summed E-state index contributed by atoms with van der Waals surface area (Å²) >= 11 is 0. The molecule has 10 heteroatoms. The van der Waals surface area contributed by atoms with E-state index in [1.807, 2.05) is 12.1 Å². The molecule has 0 bridgehead atoms. The maximum absolute atomic E-state index is 12.8. The van der Waals surface area contributed by atoms with Crippen molar-refractivity contribution in [3.63, 3.8) is 0 Å². The number of carboxylic acid groups (broad SMARTS) is 1. The number of aliphatic carboxylic acids is 1. The molecule has 2 heterocycles. The number of nitrogens with zero attached hydrogens (tertiary/aromatic N) is 4. The van der Waals surface area contributed by atoms with Crippen LogP contribution in [-0.4, -0.2) is 38.6 Å². The van der Waals surface area contributed by atoms with E-state index in [9.17, 15) is 18.0 Å². The maximum Gasteiger partial charge on any atom is 0.416 e. The van der Waals surface area contributed by atoms with Crippen molar-refractivity contribution in [1.82, 2.24) is 20.3 Å². The Morgan fingerprint density at radius 3 is 2.22 bits per heavy atom. The van der Waals surface area contributed by atoms with Gasteiger partial charge in [-0.05, 0) is 36.6 Å². The van der Waals surface area contributed by atoms with E-state index in [0.717, 1.165) is 54.8 Å². The Kier molecular flexibility index (Phi) is 8.14. The normalized spacial score (nSPS) is 14.2. The van der Waals surface area contributed by atoms with Crippen LogP contribution in [0.2, 0.25) is 0 Å². The van der Waals surface area contributed by atoms with Gasteiger partial charge in [0, 0.05) is 55.4 Å². The number of anilines is 1. The minimum atomic E-state index is -4.38. The van der Waals surface area contributed by atoms with Crippen LogP contribution in [0.25, 0.3) is 11.4 Å². The Morgan fingerprint density at radius 2 is 1.64 bits per heavy atom. The number of aromatic nitrogens is 3. The van der Waals surface area contributed by atoms with E-state index in [-0.39, 0.29) is 6.42 Å². The van der Waals surface area contributed by atoms with Crippen LogP contribution in [0.1, 0.15) is 48.8 Å². The topological polar surface area (TPSA) is 91.2 Å². The average molecular weight is 500 g/mol. The highest BCUT2D eigenvalue weighted by atomic mass is 19.4. The molecule has 4 rings (SSSR count). The van der Waals surface area contributed by atoms with Crippen molar-refractivity contribution < 1.29 is 23.1 Å². The number of carbonyl (C=O) groups is 1. The Hall–Kier alpha value is -3.53. The zero-order valence-electron chi connectivity index (χ0n) is 19.7. The number of carboxylic acids is 1. The fraction of sp³-hybridized carbons (Fsp3) is 0.385. The Labute approximate surface area is 207 Å². The number of benzene rings is 1. The molecule has 7 nitrogen and oxygen atoms in total. The molecule has 1 aromatic carbocycles. The molecular formula is C26H28F3N5O2. The summed E-state index contributed by atoms with van der Waals surface area (Å²) in [6.07, 6.45) is 5.39. The molecule has 0 aliphatic heterocycles. The third-order valence-electron chi connectivity index (χ3n) is 6.24. The fourth-order valence-corrected chi connectivity index (χ4v) is 4.32. The van der Waals surface area contributed by atoms with Gasteiger partial charge in [-0.15, -0.1) is 0 Å². The number of hydrogen-bond acceptors (Lipinski definition) is 6. The summed E-state index contributed by atoms with van der Waals surface area (Å²) in [5.41, 5.74) is 1.68. The summed E-state index contributed by atoms with van der Waals surface area (Å²) in [6, 6.07) is 9.14. The number of hydrogen-bond donors (Lipinski definition) is 2. The predicted octanol–water partition coefficient (Wildman–Crippen LogP) is 5.07. The highest BCUT2D eigenvalue weighted by Crippen LogP contribution is 2.31. The van der Waals surface area contributed by atoms with Crippen molar-refractivity contribution in [3.05, 3.63) is 71.7 Å². The van der Waals surface area contributed by atoms with Gasteiger partial charge in [-0.1, -0.05) is 31.0 Å². The molecule has 0 unspecified atom stereocenters. The van der Waals surface area contributed by atoms with Gasteiger partial charge >= 0.3 is 12.1 Å². The molecule has 1 saturated carbocycles. The first-order valence-corrected chi connectivity index (χ1v) is 11.9. The van der Waals surface area contributed by atoms with Crippen molar-refractivity contribution >= 4 is 11.8 Å². The van der Waals surface area contributed by atoms with Crippen LogP contribution in [0.15, 0.2) is 55.0 Å². The first-order valence-electron chi connectivity index (χ1n) is 11.9. The first kappa shape index (κ1) is 25.6. The summed E-state index contributed by atoms with van der Waals surface area (Å²) in [5.74, 6) is 0.389. The predicted molar refractivity (Wildman–Crippen MR) is 129 cm³/mol. The Morgan fingerprint density at radius 1 is 0.972 bits per heavy atom. The van der Waals surface area contributed by atoms with Gasteiger partial charge in [0.15, 0.2) is 5.82 Å². The van der Waals surface area contributed by atoms with Gasteiger partial charge in [0.2, 0.25) is 0 Å². The third-order valence-corrected chi connectivity index (χ3v) is 6.24. The molecule has 3 aromatic rings. The summed E-state index contributed by atoms with van der Waals surface area (Å²) in [4.78, 5) is 26.3. The first-order chi connectivity index (χ1) is 17.3. The highest BCUT2D eigenvalue weighted by molar-refractivity contribution is 5.66. The van der Waals surface area contributed by atoms with E-state index in [2.05, 4.69) is 25.2 Å². The largest absolute Gasteiger partial charge is 0.481 e. The van der Waals surface area contributed by atoms with E-state index >= 15 is 0 Å². The number of halogens is 3. The zero-order chi connectivity index (χ0) is 25.5. The van der Waals surface area contributed by atoms with Gasteiger partial charge in [-0.2, -0.15) is 13.2 Å². The van der Waals surface area contributed by atoms with Gasteiger partial charge in [0.05, 0.1) is 12.0 Å². The molecule has 0 spiro atoms. The third kappa shape index (κ3) is 6.78. The quantitative estimate of drug-likeness (QED) is 0.376. The van der Waals surface area contributed by atoms with Gasteiger partial charge in [-0.25, -0.2) is 15.0 Å². The van der Waals surface area contributed by atoms with Crippen molar-refractivity contribution in [1.29, 1.82) is 0 Å². The molecule has 1 aliphatic rings. The van der Waals surface area contributed by atoms with E-state index < -0.39 is 17.7 Å². The van der Waals surface area contributed by atoms with Crippen LogP contribution in [0, 0.1) is 0 Å². The van der Waals surface area contributed by atoms with Crippen LogP contribution in [-0.2, 0) is 24.1 Å². The average Bonchev–Trinajstić information content (AvgIpc) is 3.40. The molecule has 0 saturated heterocycles. The smallest absolute Gasteiger partial charge is 0.416 e.